The Hall–Kier alpha value is -1.66. The first-order chi connectivity index (χ1) is 39.5. The number of ether oxygens (including phenoxy) is 1. The molecular formula is C74H143NO5. The predicted octanol–water partition coefficient (Wildman–Crippen LogP) is 23.7. The Balaban J connectivity index is 3.31. The highest BCUT2D eigenvalue weighted by atomic mass is 16.5. The third-order valence-electron chi connectivity index (χ3n) is 17.2. The molecule has 0 saturated carbocycles. The van der Waals surface area contributed by atoms with Gasteiger partial charge in [0.2, 0.25) is 5.91 Å². The second-order valence-corrected chi connectivity index (χ2v) is 25.3. The van der Waals surface area contributed by atoms with E-state index in [9.17, 15) is 19.8 Å². The maximum atomic E-state index is 12.5. The van der Waals surface area contributed by atoms with Crippen LogP contribution in [-0.4, -0.2) is 47.4 Å². The maximum Gasteiger partial charge on any atom is 0.305 e. The molecule has 0 fully saturated rings. The fourth-order valence-electron chi connectivity index (χ4n) is 11.6. The van der Waals surface area contributed by atoms with E-state index in [-0.39, 0.29) is 18.5 Å². The Morgan fingerprint density at radius 3 is 0.887 bits per heavy atom. The number of esters is 1. The quantitative estimate of drug-likeness (QED) is 0.0320. The third kappa shape index (κ3) is 65.5. The van der Waals surface area contributed by atoms with E-state index in [0.717, 1.165) is 38.5 Å². The van der Waals surface area contributed by atoms with E-state index in [1.165, 1.54) is 347 Å². The van der Waals surface area contributed by atoms with Crippen molar-refractivity contribution in [2.24, 2.45) is 0 Å². The summed E-state index contributed by atoms with van der Waals surface area (Å²) in [5.41, 5.74) is 0. The number of amides is 1. The topological polar surface area (TPSA) is 95.9 Å². The van der Waals surface area contributed by atoms with Crippen LogP contribution in [0.5, 0.6) is 0 Å². The summed E-state index contributed by atoms with van der Waals surface area (Å²) >= 11 is 0. The van der Waals surface area contributed by atoms with E-state index in [1.54, 1.807) is 6.08 Å². The van der Waals surface area contributed by atoms with Gasteiger partial charge in [0.25, 0.3) is 0 Å². The van der Waals surface area contributed by atoms with Crippen LogP contribution in [0.25, 0.3) is 0 Å². The summed E-state index contributed by atoms with van der Waals surface area (Å²) in [4.78, 5) is 24.6. The first kappa shape index (κ1) is 78.3. The highest BCUT2D eigenvalue weighted by Gasteiger charge is 2.18. The van der Waals surface area contributed by atoms with E-state index in [4.69, 9.17) is 4.74 Å². The molecule has 0 aromatic rings. The SMILES string of the molecule is CCCCCCCC/C=C\CCCCCCCCCCCC(=O)OCCCCCCCCCCCCCCCCCCCCCCCCCCCCCCCCCC(=O)NC(CO)C(O)/C=C/CCCCCCCCCCCCC. The van der Waals surface area contributed by atoms with Gasteiger partial charge >= 0.3 is 5.97 Å². The molecule has 0 aromatic heterocycles. The number of aliphatic hydroxyl groups excluding tert-OH is 2. The smallest absolute Gasteiger partial charge is 0.305 e. The first-order valence-corrected chi connectivity index (χ1v) is 36.6. The molecule has 0 rings (SSSR count). The van der Waals surface area contributed by atoms with Crippen LogP contribution in [0.3, 0.4) is 0 Å². The summed E-state index contributed by atoms with van der Waals surface area (Å²) in [6, 6.07) is -0.623. The lowest BCUT2D eigenvalue weighted by Gasteiger charge is -2.20. The Morgan fingerprint density at radius 2 is 0.588 bits per heavy atom. The Morgan fingerprint density at radius 1 is 0.338 bits per heavy atom. The van der Waals surface area contributed by atoms with Gasteiger partial charge < -0.3 is 20.3 Å². The molecule has 0 heterocycles. The lowest BCUT2D eigenvalue weighted by molar-refractivity contribution is -0.143. The minimum absolute atomic E-state index is 0.0207. The van der Waals surface area contributed by atoms with Crippen molar-refractivity contribution in [3.8, 4) is 0 Å². The molecule has 0 aliphatic carbocycles. The van der Waals surface area contributed by atoms with Crippen molar-refractivity contribution in [3.05, 3.63) is 24.3 Å². The molecular weight excluding hydrogens is 983 g/mol. The number of carbonyl (C=O) groups is 2. The predicted molar refractivity (Wildman–Crippen MR) is 352 cm³/mol. The van der Waals surface area contributed by atoms with Gasteiger partial charge in [0.05, 0.1) is 25.4 Å². The van der Waals surface area contributed by atoms with Crippen molar-refractivity contribution in [1.82, 2.24) is 5.32 Å². The van der Waals surface area contributed by atoms with E-state index < -0.39 is 12.1 Å². The highest BCUT2D eigenvalue weighted by molar-refractivity contribution is 5.76. The van der Waals surface area contributed by atoms with Crippen LogP contribution in [-0.2, 0) is 14.3 Å². The van der Waals surface area contributed by atoms with E-state index >= 15 is 0 Å². The van der Waals surface area contributed by atoms with Crippen molar-refractivity contribution in [2.75, 3.05) is 13.2 Å². The molecule has 2 unspecified atom stereocenters. The Kier molecular flexibility index (Phi) is 68.4. The fourth-order valence-corrected chi connectivity index (χ4v) is 11.6. The standard InChI is InChI=1S/C74H143NO5/c1-3-5-7-9-11-13-15-17-18-19-33-37-40-44-48-52-56-60-64-68-74(79)80-69-65-61-57-53-49-45-41-38-35-32-30-28-26-24-22-20-21-23-25-27-29-31-34-36-39-43-47-51-55-59-63-67-73(78)75-71(70-76)72(77)66-62-58-54-50-46-42-16-14-12-10-8-6-4-2/h17-18,62,66,71-72,76-77H,3-16,19-61,63-65,67-70H2,1-2H3,(H,75,78)/b18-17-,66-62+. The van der Waals surface area contributed by atoms with E-state index in [0.29, 0.717) is 19.4 Å². The molecule has 6 heteroatoms. The van der Waals surface area contributed by atoms with E-state index in [1.807, 2.05) is 6.08 Å². The Labute approximate surface area is 501 Å². The molecule has 0 bridgehead atoms. The maximum absolute atomic E-state index is 12.5. The van der Waals surface area contributed by atoms with Crippen LogP contribution in [0.1, 0.15) is 412 Å². The van der Waals surface area contributed by atoms with Gasteiger partial charge in [-0.3, -0.25) is 9.59 Å². The van der Waals surface area contributed by atoms with Crippen molar-refractivity contribution < 1.29 is 24.5 Å². The zero-order valence-electron chi connectivity index (χ0n) is 54.3. The monoisotopic (exact) mass is 1130 g/mol. The summed E-state index contributed by atoms with van der Waals surface area (Å²) in [7, 11) is 0. The zero-order valence-corrected chi connectivity index (χ0v) is 54.3. The van der Waals surface area contributed by atoms with E-state index in [2.05, 4.69) is 31.3 Å². The number of hydrogen-bond donors (Lipinski definition) is 3. The van der Waals surface area contributed by atoms with Crippen molar-refractivity contribution in [2.45, 2.75) is 424 Å². The van der Waals surface area contributed by atoms with Crippen LogP contribution >= 0.6 is 0 Å². The van der Waals surface area contributed by atoms with Crippen LogP contribution in [0, 0.1) is 0 Å². The second-order valence-electron chi connectivity index (χ2n) is 25.3. The molecule has 3 N–H and O–H groups in total. The molecule has 0 aliphatic heterocycles. The lowest BCUT2D eigenvalue weighted by Crippen LogP contribution is -2.45. The summed E-state index contributed by atoms with van der Waals surface area (Å²) < 4.78 is 5.51. The molecule has 0 aliphatic rings. The van der Waals surface area contributed by atoms with Crippen molar-refractivity contribution >= 4 is 11.9 Å². The van der Waals surface area contributed by atoms with Crippen molar-refractivity contribution in [1.29, 1.82) is 0 Å². The third-order valence-corrected chi connectivity index (χ3v) is 17.2. The minimum Gasteiger partial charge on any atom is -0.466 e. The number of aliphatic hydroxyl groups is 2. The molecule has 1 amide bonds. The number of rotatable bonds is 69. The number of hydrogen-bond acceptors (Lipinski definition) is 5. The number of carbonyl (C=O) groups excluding carboxylic acids is 2. The number of nitrogens with one attached hydrogen (secondary N) is 1. The van der Waals surface area contributed by atoms with Crippen LogP contribution < -0.4 is 5.32 Å². The average Bonchev–Trinajstić information content (AvgIpc) is 3.46. The lowest BCUT2D eigenvalue weighted by atomic mass is 10.0. The normalized spacial score (nSPS) is 12.6. The fraction of sp³-hybridized carbons (Fsp3) is 0.919. The van der Waals surface area contributed by atoms with Gasteiger partial charge in [0, 0.05) is 12.8 Å². The summed E-state index contributed by atoms with van der Waals surface area (Å²) in [5, 5.41) is 23.1. The molecule has 474 valence electrons. The molecule has 0 saturated heterocycles. The highest BCUT2D eigenvalue weighted by Crippen LogP contribution is 2.19. The molecule has 6 nitrogen and oxygen atoms in total. The van der Waals surface area contributed by atoms with Crippen LogP contribution in [0.2, 0.25) is 0 Å². The average molecular weight is 1130 g/mol. The van der Waals surface area contributed by atoms with Crippen LogP contribution in [0.4, 0.5) is 0 Å². The summed E-state index contributed by atoms with van der Waals surface area (Å²) in [5.74, 6) is -0.0413. The van der Waals surface area contributed by atoms with Crippen molar-refractivity contribution in [3.63, 3.8) is 0 Å². The molecule has 0 spiro atoms. The number of allylic oxidation sites excluding steroid dienone is 3. The molecule has 0 radical (unpaired) electrons. The summed E-state index contributed by atoms with van der Waals surface area (Å²) in [6.45, 7) is 4.93. The van der Waals surface area contributed by atoms with Crippen LogP contribution in [0.15, 0.2) is 24.3 Å². The zero-order chi connectivity index (χ0) is 57.8. The van der Waals surface area contributed by atoms with Gasteiger partial charge in [-0.15, -0.1) is 0 Å². The first-order valence-electron chi connectivity index (χ1n) is 36.6. The van der Waals surface area contributed by atoms with Gasteiger partial charge in [-0.2, -0.15) is 0 Å². The second kappa shape index (κ2) is 69.8. The number of unbranched alkanes of at least 4 members (excludes halogenated alkanes) is 56. The largest absolute Gasteiger partial charge is 0.466 e. The van der Waals surface area contributed by atoms with Gasteiger partial charge in [-0.05, 0) is 57.8 Å². The summed E-state index contributed by atoms with van der Waals surface area (Å²) in [6.07, 6.45) is 88.5. The van der Waals surface area contributed by atoms with Gasteiger partial charge in [0.1, 0.15) is 0 Å². The van der Waals surface area contributed by atoms with Gasteiger partial charge in [-0.1, -0.05) is 366 Å². The van der Waals surface area contributed by atoms with Gasteiger partial charge in [-0.25, -0.2) is 0 Å². The Bertz CT molecular complexity index is 1250. The molecule has 2 atom stereocenters. The minimum atomic E-state index is -0.840. The van der Waals surface area contributed by atoms with Gasteiger partial charge in [0.15, 0.2) is 0 Å². The molecule has 0 aromatic carbocycles. The molecule has 80 heavy (non-hydrogen) atoms.